The number of rotatable bonds is 5. The first kappa shape index (κ1) is 19.5. The smallest absolute Gasteiger partial charge is 0.287 e. The Morgan fingerprint density at radius 1 is 1.17 bits per heavy atom. The van der Waals surface area contributed by atoms with E-state index in [0.717, 1.165) is 40.5 Å². The summed E-state index contributed by atoms with van der Waals surface area (Å²) < 4.78 is 5.90. The van der Waals surface area contributed by atoms with Crippen LogP contribution in [0, 0.1) is 20.8 Å². The van der Waals surface area contributed by atoms with Gasteiger partial charge in [0, 0.05) is 17.5 Å². The predicted octanol–water partition coefficient (Wildman–Crippen LogP) is 4.03. The third-order valence-corrected chi connectivity index (χ3v) is 4.81. The summed E-state index contributed by atoms with van der Waals surface area (Å²) in [5.74, 6) is 0.216. The van der Waals surface area contributed by atoms with E-state index in [9.17, 15) is 4.79 Å². The lowest BCUT2D eigenvalue weighted by Crippen LogP contribution is -2.52. The number of halogens is 1. The molecule has 23 heavy (non-hydrogen) atoms. The highest BCUT2D eigenvalue weighted by Gasteiger charge is 2.29. The van der Waals surface area contributed by atoms with Crippen LogP contribution in [0.1, 0.15) is 53.9 Å². The van der Waals surface area contributed by atoms with E-state index in [2.05, 4.69) is 11.4 Å². The van der Waals surface area contributed by atoms with Crippen LogP contribution >= 0.6 is 12.4 Å². The van der Waals surface area contributed by atoms with Crippen LogP contribution in [-0.2, 0) is 0 Å². The minimum atomic E-state index is -0.368. The van der Waals surface area contributed by atoms with Crippen LogP contribution in [0.4, 0.5) is 0 Å². The van der Waals surface area contributed by atoms with Crippen LogP contribution in [0.5, 0.6) is 0 Å². The third-order valence-electron chi connectivity index (χ3n) is 4.81. The molecule has 1 aromatic heterocycles. The molecule has 0 saturated carbocycles. The fourth-order valence-corrected chi connectivity index (χ4v) is 2.96. The number of carbonyl (C=O) groups is 1. The van der Waals surface area contributed by atoms with Gasteiger partial charge in [-0.25, -0.2) is 0 Å². The number of carbonyl (C=O) groups excluding carboxylic acids is 1. The maximum Gasteiger partial charge on any atom is 0.287 e. The molecule has 0 radical (unpaired) electrons. The number of nitrogens with one attached hydrogen (secondary N) is 1. The van der Waals surface area contributed by atoms with Crippen molar-refractivity contribution in [1.82, 2.24) is 5.32 Å². The quantitative estimate of drug-likeness (QED) is 0.864. The average molecular weight is 339 g/mol. The topological polar surface area (TPSA) is 68.3 Å². The third kappa shape index (κ3) is 3.38. The largest absolute Gasteiger partial charge is 0.450 e. The normalized spacial score (nSPS) is 11.4. The van der Waals surface area contributed by atoms with Gasteiger partial charge >= 0.3 is 0 Å². The fourth-order valence-electron chi connectivity index (χ4n) is 2.96. The summed E-state index contributed by atoms with van der Waals surface area (Å²) in [6.45, 7) is 10.5. The Hall–Kier alpha value is -1.52. The van der Waals surface area contributed by atoms with Gasteiger partial charge in [0.05, 0.1) is 5.54 Å². The highest BCUT2D eigenvalue weighted by atomic mass is 35.5. The molecule has 4 nitrogen and oxygen atoms in total. The molecule has 2 rings (SSSR count). The molecule has 0 atom stereocenters. The molecule has 5 heteroatoms. The van der Waals surface area contributed by atoms with Crippen molar-refractivity contribution in [2.24, 2.45) is 5.73 Å². The zero-order valence-electron chi connectivity index (χ0n) is 14.6. The molecule has 1 aromatic carbocycles. The maximum atomic E-state index is 12.7. The molecular formula is C18H27ClN2O2. The molecule has 128 valence electrons. The van der Waals surface area contributed by atoms with E-state index in [1.807, 2.05) is 40.7 Å². The van der Waals surface area contributed by atoms with Crippen molar-refractivity contribution in [1.29, 1.82) is 0 Å². The summed E-state index contributed by atoms with van der Waals surface area (Å²) in [5, 5.41) is 4.12. The number of amides is 1. The SMILES string of the molecule is CCC(CC)(CN)NC(=O)c1oc2c(C)ccc(C)c2c1C.Cl. The van der Waals surface area contributed by atoms with E-state index in [1.54, 1.807) is 0 Å². The van der Waals surface area contributed by atoms with Gasteiger partial charge in [-0.05, 0) is 44.7 Å². The van der Waals surface area contributed by atoms with Gasteiger partial charge in [0.25, 0.3) is 5.91 Å². The summed E-state index contributed by atoms with van der Waals surface area (Å²) in [7, 11) is 0. The standard InChI is InChI=1S/C18H26N2O2.ClH/c1-6-18(7-2,10-19)20-17(21)16-13(5)14-11(3)8-9-12(4)15(14)22-16;/h8-9H,6-7,10,19H2,1-5H3,(H,20,21);1H. The van der Waals surface area contributed by atoms with E-state index in [4.69, 9.17) is 10.2 Å². The van der Waals surface area contributed by atoms with Gasteiger partial charge in [-0.15, -0.1) is 12.4 Å². The Balaban J connectivity index is 0.00000264. The van der Waals surface area contributed by atoms with Crippen LogP contribution in [0.25, 0.3) is 11.0 Å². The van der Waals surface area contributed by atoms with E-state index in [1.165, 1.54) is 0 Å². The Labute approximate surface area is 144 Å². The number of furan rings is 1. The highest BCUT2D eigenvalue weighted by molar-refractivity contribution is 6.00. The number of aryl methyl sites for hydroxylation is 3. The lowest BCUT2D eigenvalue weighted by atomic mass is 9.92. The van der Waals surface area contributed by atoms with E-state index in [-0.39, 0.29) is 23.9 Å². The lowest BCUT2D eigenvalue weighted by molar-refractivity contribution is 0.0868. The van der Waals surface area contributed by atoms with Crippen LogP contribution in [0.3, 0.4) is 0 Å². The monoisotopic (exact) mass is 338 g/mol. The molecule has 2 aromatic rings. The van der Waals surface area contributed by atoms with Crippen molar-refractivity contribution in [3.63, 3.8) is 0 Å². The van der Waals surface area contributed by atoms with E-state index < -0.39 is 0 Å². The number of nitrogens with two attached hydrogens (primary N) is 1. The summed E-state index contributed by atoms with van der Waals surface area (Å²) in [6, 6.07) is 4.08. The minimum Gasteiger partial charge on any atom is -0.450 e. The van der Waals surface area contributed by atoms with Crippen molar-refractivity contribution < 1.29 is 9.21 Å². The minimum absolute atomic E-state index is 0. The van der Waals surface area contributed by atoms with Crippen molar-refractivity contribution in [3.05, 3.63) is 34.6 Å². The summed E-state index contributed by atoms with van der Waals surface area (Å²) in [4.78, 5) is 12.7. The Morgan fingerprint density at radius 3 is 2.22 bits per heavy atom. The van der Waals surface area contributed by atoms with Crippen LogP contribution in [-0.4, -0.2) is 18.0 Å². The zero-order valence-corrected chi connectivity index (χ0v) is 15.4. The Kier molecular flexibility index (Phi) is 6.25. The first-order valence-corrected chi connectivity index (χ1v) is 7.91. The number of fused-ring (bicyclic) bond motifs is 1. The number of hydrogen-bond donors (Lipinski definition) is 2. The number of benzene rings is 1. The van der Waals surface area contributed by atoms with Crippen molar-refractivity contribution in [2.75, 3.05) is 6.54 Å². The first-order valence-electron chi connectivity index (χ1n) is 7.91. The second-order valence-corrected chi connectivity index (χ2v) is 6.11. The molecule has 0 fully saturated rings. The Morgan fingerprint density at radius 2 is 1.74 bits per heavy atom. The molecule has 0 saturated heterocycles. The zero-order chi connectivity index (χ0) is 16.5. The van der Waals surface area contributed by atoms with Gasteiger partial charge in [0.1, 0.15) is 5.58 Å². The van der Waals surface area contributed by atoms with Gasteiger partial charge in [-0.2, -0.15) is 0 Å². The highest BCUT2D eigenvalue weighted by Crippen LogP contribution is 2.31. The Bertz CT molecular complexity index is 694. The molecule has 0 aliphatic heterocycles. The average Bonchev–Trinajstić information content (AvgIpc) is 2.88. The second kappa shape index (κ2) is 7.37. The van der Waals surface area contributed by atoms with E-state index >= 15 is 0 Å². The molecule has 3 N–H and O–H groups in total. The van der Waals surface area contributed by atoms with Gasteiger partial charge in [0.2, 0.25) is 0 Å². The molecular weight excluding hydrogens is 312 g/mol. The molecule has 1 heterocycles. The molecule has 0 bridgehead atoms. The summed E-state index contributed by atoms with van der Waals surface area (Å²) in [5.41, 5.74) is 9.36. The van der Waals surface area contributed by atoms with Crippen LogP contribution in [0.2, 0.25) is 0 Å². The first-order chi connectivity index (χ1) is 10.4. The van der Waals surface area contributed by atoms with Crippen LogP contribution in [0.15, 0.2) is 16.5 Å². The van der Waals surface area contributed by atoms with E-state index in [0.29, 0.717) is 12.3 Å². The van der Waals surface area contributed by atoms with Gasteiger partial charge in [-0.1, -0.05) is 26.0 Å². The maximum absolute atomic E-state index is 12.7. The molecule has 0 aliphatic carbocycles. The summed E-state index contributed by atoms with van der Waals surface area (Å²) in [6.07, 6.45) is 1.59. The molecule has 0 aliphatic rings. The van der Waals surface area contributed by atoms with Crippen molar-refractivity contribution in [2.45, 2.75) is 53.0 Å². The lowest BCUT2D eigenvalue weighted by Gasteiger charge is -2.31. The van der Waals surface area contributed by atoms with Crippen LogP contribution < -0.4 is 11.1 Å². The van der Waals surface area contributed by atoms with Gasteiger partial charge in [0.15, 0.2) is 5.76 Å². The molecule has 0 spiro atoms. The fraction of sp³-hybridized carbons (Fsp3) is 0.500. The second-order valence-electron chi connectivity index (χ2n) is 6.11. The summed E-state index contributed by atoms with van der Waals surface area (Å²) >= 11 is 0. The molecule has 1 amide bonds. The van der Waals surface area contributed by atoms with Crippen molar-refractivity contribution >= 4 is 29.3 Å². The van der Waals surface area contributed by atoms with Gasteiger partial charge < -0.3 is 15.5 Å². The van der Waals surface area contributed by atoms with Gasteiger partial charge in [-0.3, -0.25) is 4.79 Å². The molecule has 0 unspecified atom stereocenters. The predicted molar refractivity (Wildman–Crippen MR) is 97.5 cm³/mol. The number of hydrogen-bond acceptors (Lipinski definition) is 3. The van der Waals surface area contributed by atoms with Crippen molar-refractivity contribution in [3.8, 4) is 0 Å².